The van der Waals surface area contributed by atoms with Crippen molar-refractivity contribution in [3.63, 3.8) is 0 Å². The van der Waals surface area contributed by atoms with Gasteiger partial charge < -0.3 is 10.4 Å². The largest absolute Gasteiger partial charge is 0.396 e. The standard InChI is InChI=1S/C15H23NO2S/c1-11-4-6-14(7-5-11)9-19-10-15(18)16-13(3)12(2)8-17/h4-7,12-13,17H,8-10H2,1-3H3,(H,16,18). The first-order valence-electron chi connectivity index (χ1n) is 6.56. The molecule has 0 bridgehead atoms. The van der Waals surface area contributed by atoms with E-state index in [9.17, 15) is 4.79 Å². The predicted octanol–water partition coefficient (Wildman–Crippen LogP) is 2.36. The van der Waals surface area contributed by atoms with Crippen LogP contribution in [0, 0.1) is 12.8 Å². The highest BCUT2D eigenvalue weighted by atomic mass is 32.2. The van der Waals surface area contributed by atoms with Crippen LogP contribution in [-0.4, -0.2) is 29.4 Å². The van der Waals surface area contributed by atoms with Crippen molar-refractivity contribution < 1.29 is 9.90 Å². The van der Waals surface area contributed by atoms with Crippen molar-refractivity contribution in [2.45, 2.75) is 32.6 Å². The van der Waals surface area contributed by atoms with Gasteiger partial charge in [-0.1, -0.05) is 36.8 Å². The van der Waals surface area contributed by atoms with E-state index in [1.165, 1.54) is 11.1 Å². The number of aliphatic hydroxyl groups excluding tert-OH is 1. The molecule has 2 unspecified atom stereocenters. The van der Waals surface area contributed by atoms with Gasteiger partial charge in [-0.05, 0) is 25.3 Å². The van der Waals surface area contributed by atoms with Gasteiger partial charge in [0.05, 0.1) is 5.75 Å². The fraction of sp³-hybridized carbons (Fsp3) is 0.533. The summed E-state index contributed by atoms with van der Waals surface area (Å²) < 4.78 is 0. The van der Waals surface area contributed by atoms with E-state index in [4.69, 9.17) is 5.11 Å². The number of amides is 1. The molecule has 0 radical (unpaired) electrons. The van der Waals surface area contributed by atoms with E-state index in [1.54, 1.807) is 11.8 Å². The lowest BCUT2D eigenvalue weighted by molar-refractivity contribution is -0.119. The highest BCUT2D eigenvalue weighted by molar-refractivity contribution is 7.99. The van der Waals surface area contributed by atoms with Crippen LogP contribution in [-0.2, 0) is 10.5 Å². The second-order valence-electron chi connectivity index (χ2n) is 4.99. The summed E-state index contributed by atoms with van der Waals surface area (Å²) in [6.45, 7) is 6.00. The summed E-state index contributed by atoms with van der Waals surface area (Å²) in [4.78, 5) is 11.7. The first-order chi connectivity index (χ1) is 9.02. The molecular weight excluding hydrogens is 258 g/mol. The van der Waals surface area contributed by atoms with Crippen LogP contribution in [0.25, 0.3) is 0 Å². The molecule has 106 valence electrons. The van der Waals surface area contributed by atoms with Crippen LogP contribution in [0.2, 0.25) is 0 Å². The smallest absolute Gasteiger partial charge is 0.230 e. The number of aryl methyl sites for hydroxylation is 1. The summed E-state index contributed by atoms with van der Waals surface area (Å²) in [6, 6.07) is 8.37. The van der Waals surface area contributed by atoms with Crippen molar-refractivity contribution in [3.05, 3.63) is 35.4 Å². The molecule has 1 rings (SSSR count). The predicted molar refractivity (Wildman–Crippen MR) is 81.2 cm³/mol. The van der Waals surface area contributed by atoms with E-state index in [0.29, 0.717) is 5.75 Å². The number of benzene rings is 1. The Morgan fingerprint density at radius 2 is 1.95 bits per heavy atom. The molecule has 0 fully saturated rings. The molecule has 0 saturated heterocycles. The highest BCUT2D eigenvalue weighted by Crippen LogP contribution is 2.13. The summed E-state index contributed by atoms with van der Waals surface area (Å²) >= 11 is 1.61. The van der Waals surface area contributed by atoms with Crippen LogP contribution in [0.1, 0.15) is 25.0 Å². The second kappa shape index (κ2) is 8.23. The molecule has 0 aliphatic heterocycles. The Morgan fingerprint density at radius 1 is 1.32 bits per heavy atom. The molecule has 2 N–H and O–H groups in total. The van der Waals surface area contributed by atoms with E-state index < -0.39 is 0 Å². The zero-order valence-electron chi connectivity index (χ0n) is 11.8. The molecule has 0 spiro atoms. The maximum Gasteiger partial charge on any atom is 0.230 e. The van der Waals surface area contributed by atoms with Gasteiger partial charge in [-0.2, -0.15) is 0 Å². The number of carbonyl (C=O) groups excluding carboxylic acids is 1. The van der Waals surface area contributed by atoms with Crippen LogP contribution in [0.4, 0.5) is 0 Å². The summed E-state index contributed by atoms with van der Waals surface area (Å²) in [5.41, 5.74) is 2.48. The summed E-state index contributed by atoms with van der Waals surface area (Å²) in [5.74, 6) is 1.42. The molecule has 0 saturated carbocycles. The monoisotopic (exact) mass is 281 g/mol. The van der Waals surface area contributed by atoms with Crippen LogP contribution in [0.15, 0.2) is 24.3 Å². The molecule has 3 nitrogen and oxygen atoms in total. The lowest BCUT2D eigenvalue weighted by Crippen LogP contribution is -2.39. The number of thioether (sulfide) groups is 1. The molecule has 1 aromatic rings. The Hall–Kier alpha value is -1.00. The highest BCUT2D eigenvalue weighted by Gasteiger charge is 2.13. The maximum atomic E-state index is 11.7. The first-order valence-corrected chi connectivity index (χ1v) is 7.72. The molecule has 0 aliphatic rings. The Labute approximate surface area is 119 Å². The third kappa shape index (κ3) is 6.12. The Kier molecular flexibility index (Phi) is 6.95. The van der Waals surface area contributed by atoms with Gasteiger partial charge in [-0.3, -0.25) is 4.79 Å². The molecule has 4 heteroatoms. The number of hydrogen-bond donors (Lipinski definition) is 2. The zero-order valence-corrected chi connectivity index (χ0v) is 12.7. The van der Waals surface area contributed by atoms with Gasteiger partial charge in [0.1, 0.15) is 0 Å². The number of nitrogens with one attached hydrogen (secondary N) is 1. The van der Waals surface area contributed by atoms with Crippen molar-refractivity contribution in [1.82, 2.24) is 5.32 Å². The lowest BCUT2D eigenvalue weighted by atomic mass is 10.1. The molecule has 0 heterocycles. The zero-order chi connectivity index (χ0) is 14.3. The van der Waals surface area contributed by atoms with Crippen molar-refractivity contribution in [3.8, 4) is 0 Å². The molecule has 19 heavy (non-hydrogen) atoms. The van der Waals surface area contributed by atoms with Crippen LogP contribution in [0.5, 0.6) is 0 Å². The molecular formula is C15H23NO2S. The number of aliphatic hydroxyl groups is 1. The molecule has 0 aromatic heterocycles. The fourth-order valence-electron chi connectivity index (χ4n) is 1.54. The molecule has 1 aromatic carbocycles. The Morgan fingerprint density at radius 3 is 2.53 bits per heavy atom. The summed E-state index contributed by atoms with van der Waals surface area (Å²) in [7, 11) is 0. The van der Waals surface area contributed by atoms with Gasteiger partial charge in [-0.25, -0.2) is 0 Å². The SMILES string of the molecule is Cc1ccc(CSCC(=O)NC(C)C(C)CO)cc1. The van der Waals surface area contributed by atoms with E-state index in [1.807, 2.05) is 13.8 Å². The van der Waals surface area contributed by atoms with E-state index in [0.717, 1.165) is 5.75 Å². The second-order valence-corrected chi connectivity index (χ2v) is 5.98. The van der Waals surface area contributed by atoms with Crippen molar-refractivity contribution in [2.24, 2.45) is 5.92 Å². The minimum atomic E-state index is 0.0116. The molecule has 0 aliphatic carbocycles. The average Bonchev–Trinajstić information content (AvgIpc) is 2.40. The van der Waals surface area contributed by atoms with Crippen LogP contribution in [0.3, 0.4) is 0 Å². The lowest BCUT2D eigenvalue weighted by Gasteiger charge is -2.19. The van der Waals surface area contributed by atoms with E-state index in [-0.39, 0.29) is 24.5 Å². The fourth-order valence-corrected chi connectivity index (χ4v) is 2.34. The van der Waals surface area contributed by atoms with Crippen molar-refractivity contribution in [1.29, 1.82) is 0 Å². The minimum Gasteiger partial charge on any atom is -0.396 e. The number of hydrogen-bond acceptors (Lipinski definition) is 3. The van der Waals surface area contributed by atoms with Crippen molar-refractivity contribution >= 4 is 17.7 Å². The van der Waals surface area contributed by atoms with Crippen LogP contribution >= 0.6 is 11.8 Å². The van der Waals surface area contributed by atoms with E-state index >= 15 is 0 Å². The minimum absolute atomic E-state index is 0.0116. The van der Waals surface area contributed by atoms with Crippen LogP contribution < -0.4 is 5.32 Å². The Bertz CT molecular complexity index is 392. The van der Waals surface area contributed by atoms with Gasteiger partial charge in [0, 0.05) is 18.4 Å². The third-order valence-corrected chi connectivity index (χ3v) is 4.16. The van der Waals surface area contributed by atoms with Gasteiger partial charge in [0.25, 0.3) is 0 Å². The summed E-state index contributed by atoms with van der Waals surface area (Å²) in [5, 5.41) is 11.9. The van der Waals surface area contributed by atoms with Gasteiger partial charge >= 0.3 is 0 Å². The summed E-state index contributed by atoms with van der Waals surface area (Å²) in [6.07, 6.45) is 0. The van der Waals surface area contributed by atoms with Crippen molar-refractivity contribution in [2.75, 3.05) is 12.4 Å². The quantitative estimate of drug-likeness (QED) is 0.806. The normalized spacial score (nSPS) is 13.9. The van der Waals surface area contributed by atoms with Gasteiger partial charge in [-0.15, -0.1) is 11.8 Å². The first kappa shape index (κ1) is 16.1. The maximum absolute atomic E-state index is 11.7. The number of rotatable bonds is 7. The molecule has 2 atom stereocenters. The Balaban J connectivity index is 2.25. The van der Waals surface area contributed by atoms with Gasteiger partial charge in [0.15, 0.2) is 0 Å². The number of carbonyl (C=O) groups is 1. The molecule has 1 amide bonds. The van der Waals surface area contributed by atoms with Gasteiger partial charge in [0.2, 0.25) is 5.91 Å². The topological polar surface area (TPSA) is 49.3 Å². The third-order valence-electron chi connectivity index (χ3n) is 3.15. The average molecular weight is 281 g/mol. The van der Waals surface area contributed by atoms with E-state index in [2.05, 4.69) is 36.5 Å².